The number of anilines is 1. The van der Waals surface area contributed by atoms with Gasteiger partial charge in [-0.2, -0.15) is 0 Å². The van der Waals surface area contributed by atoms with E-state index in [4.69, 9.17) is 0 Å². The molecule has 0 saturated carbocycles. The van der Waals surface area contributed by atoms with Crippen molar-refractivity contribution in [2.75, 3.05) is 26.0 Å². The van der Waals surface area contributed by atoms with E-state index in [2.05, 4.69) is 10.3 Å². The van der Waals surface area contributed by atoms with Crippen LogP contribution in [0, 0.1) is 0 Å². The molecular weight excluding hydrogens is 380 g/mol. The Hall–Kier alpha value is -3.58. The number of phenolic OH excluding ortho intramolecular Hbond substituents is 1. The van der Waals surface area contributed by atoms with Crippen LogP contribution in [0.25, 0.3) is 10.9 Å². The first-order chi connectivity index (χ1) is 14.4. The van der Waals surface area contributed by atoms with Crippen LogP contribution in [-0.2, 0) is 17.9 Å². The van der Waals surface area contributed by atoms with Crippen LogP contribution in [0.3, 0.4) is 0 Å². The van der Waals surface area contributed by atoms with E-state index in [1.54, 1.807) is 29.3 Å². The van der Waals surface area contributed by atoms with Gasteiger partial charge >= 0.3 is 0 Å². The Bertz CT molecular complexity index is 1150. The molecule has 4 rings (SSSR count). The van der Waals surface area contributed by atoms with Crippen molar-refractivity contribution in [3.05, 3.63) is 71.4 Å². The van der Waals surface area contributed by atoms with Crippen LogP contribution in [0.5, 0.6) is 5.75 Å². The molecule has 3 N–H and O–H groups in total. The number of hydrogen-bond acceptors (Lipinski definition) is 4. The topological polar surface area (TPSA) is 88.7 Å². The van der Waals surface area contributed by atoms with Crippen LogP contribution >= 0.6 is 0 Å². The van der Waals surface area contributed by atoms with Gasteiger partial charge < -0.3 is 25.2 Å². The predicted molar refractivity (Wildman–Crippen MR) is 116 cm³/mol. The smallest absolute Gasteiger partial charge is 0.258 e. The lowest BCUT2D eigenvalue weighted by Crippen LogP contribution is -2.25. The van der Waals surface area contributed by atoms with Gasteiger partial charge in [0, 0.05) is 60.1 Å². The standard InChI is InChI=1S/C23H24N4O3/c1-26(2)10-4-7-22(29)25-19-6-3-5-16-13-27(14-18(16)19)23(30)17-11-15-8-9-24-20(15)12-21(17)28/h3-9,11-12,24,28H,10,13-14H2,1-2H3,(H,25,29)/b7-4+. The molecule has 1 aliphatic rings. The first-order valence-corrected chi connectivity index (χ1v) is 9.75. The second kappa shape index (κ2) is 8.04. The van der Waals surface area contributed by atoms with E-state index in [0.717, 1.165) is 22.0 Å². The molecule has 3 aromatic rings. The predicted octanol–water partition coefficient (Wildman–Crippen LogP) is 3.09. The number of carbonyl (C=O) groups excluding carboxylic acids is 2. The number of aromatic nitrogens is 1. The van der Waals surface area contributed by atoms with E-state index >= 15 is 0 Å². The van der Waals surface area contributed by atoms with Gasteiger partial charge in [0.05, 0.1) is 5.56 Å². The van der Waals surface area contributed by atoms with Crippen molar-refractivity contribution in [1.29, 1.82) is 0 Å². The van der Waals surface area contributed by atoms with Gasteiger partial charge in [0.2, 0.25) is 5.91 Å². The zero-order chi connectivity index (χ0) is 21.3. The molecule has 7 heteroatoms. The highest BCUT2D eigenvalue weighted by molar-refractivity contribution is 6.02. The average Bonchev–Trinajstić information content (AvgIpc) is 3.33. The molecule has 154 valence electrons. The maximum Gasteiger partial charge on any atom is 0.258 e. The Kier molecular flexibility index (Phi) is 5.29. The number of fused-ring (bicyclic) bond motifs is 2. The summed E-state index contributed by atoms with van der Waals surface area (Å²) in [5.74, 6) is -0.494. The van der Waals surface area contributed by atoms with Crippen molar-refractivity contribution in [1.82, 2.24) is 14.8 Å². The van der Waals surface area contributed by atoms with Crippen molar-refractivity contribution >= 4 is 28.4 Å². The Morgan fingerprint density at radius 2 is 2.07 bits per heavy atom. The van der Waals surface area contributed by atoms with Gasteiger partial charge in [0.25, 0.3) is 5.91 Å². The number of hydrogen-bond donors (Lipinski definition) is 3. The fraction of sp³-hybridized carbons (Fsp3) is 0.217. The SMILES string of the molecule is CN(C)C/C=C/C(=O)Nc1cccc2c1CN(C(=O)c1cc3cc[nH]c3cc1O)C2. The highest BCUT2D eigenvalue weighted by Gasteiger charge is 2.28. The number of aromatic amines is 1. The normalized spacial score (nSPS) is 13.4. The third-order valence-corrected chi connectivity index (χ3v) is 5.17. The van der Waals surface area contributed by atoms with E-state index in [1.807, 2.05) is 43.3 Å². The summed E-state index contributed by atoms with van der Waals surface area (Å²) in [5, 5.41) is 14.1. The second-order valence-corrected chi connectivity index (χ2v) is 7.69. The van der Waals surface area contributed by atoms with Crippen molar-refractivity contribution < 1.29 is 14.7 Å². The summed E-state index contributed by atoms with van der Waals surface area (Å²) in [6.07, 6.45) is 5.08. The average molecular weight is 404 g/mol. The molecule has 2 aromatic carbocycles. The minimum absolute atomic E-state index is 0.0505. The van der Waals surface area contributed by atoms with Crippen LogP contribution in [-0.4, -0.2) is 52.3 Å². The minimum atomic E-state index is -0.241. The van der Waals surface area contributed by atoms with Crippen molar-refractivity contribution in [2.45, 2.75) is 13.1 Å². The van der Waals surface area contributed by atoms with Gasteiger partial charge in [0.1, 0.15) is 5.75 Å². The maximum absolute atomic E-state index is 13.1. The summed E-state index contributed by atoms with van der Waals surface area (Å²) < 4.78 is 0. The van der Waals surface area contributed by atoms with Crippen molar-refractivity contribution in [3.63, 3.8) is 0 Å². The second-order valence-electron chi connectivity index (χ2n) is 7.69. The van der Waals surface area contributed by atoms with Gasteiger partial charge in [-0.25, -0.2) is 0 Å². The molecule has 0 bridgehead atoms. The number of nitrogens with one attached hydrogen (secondary N) is 2. The van der Waals surface area contributed by atoms with E-state index in [1.165, 1.54) is 6.08 Å². The quantitative estimate of drug-likeness (QED) is 0.570. The van der Waals surface area contributed by atoms with Crippen molar-refractivity contribution in [2.24, 2.45) is 0 Å². The summed E-state index contributed by atoms with van der Waals surface area (Å²) >= 11 is 0. The Morgan fingerprint density at radius 1 is 1.23 bits per heavy atom. The highest BCUT2D eigenvalue weighted by Crippen LogP contribution is 2.32. The van der Waals surface area contributed by atoms with E-state index in [-0.39, 0.29) is 23.1 Å². The Balaban J connectivity index is 1.52. The van der Waals surface area contributed by atoms with E-state index < -0.39 is 0 Å². The zero-order valence-electron chi connectivity index (χ0n) is 17.0. The molecule has 7 nitrogen and oxygen atoms in total. The van der Waals surface area contributed by atoms with E-state index in [9.17, 15) is 14.7 Å². The third-order valence-electron chi connectivity index (χ3n) is 5.17. The number of benzene rings is 2. The first-order valence-electron chi connectivity index (χ1n) is 9.75. The largest absolute Gasteiger partial charge is 0.507 e. The molecule has 30 heavy (non-hydrogen) atoms. The third kappa shape index (κ3) is 3.92. The summed E-state index contributed by atoms with van der Waals surface area (Å²) in [7, 11) is 3.87. The number of amides is 2. The zero-order valence-corrected chi connectivity index (χ0v) is 17.0. The number of nitrogens with zero attached hydrogens (tertiary/aromatic N) is 2. The number of carbonyl (C=O) groups is 2. The molecule has 0 fully saturated rings. The van der Waals surface area contributed by atoms with E-state index in [0.29, 0.717) is 25.3 Å². The molecule has 1 aromatic heterocycles. The number of aromatic hydroxyl groups is 1. The molecule has 0 atom stereocenters. The molecule has 0 saturated heterocycles. The summed E-state index contributed by atoms with van der Waals surface area (Å²) in [4.78, 5) is 32.0. The summed E-state index contributed by atoms with van der Waals surface area (Å²) in [6, 6.07) is 10.8. The number of likely N-dealkylation sites (N-methyl/N-ethyl adjacent to an activating group) is 1. The molecular formula is C23H24N4O3. The van der Waals surface area contributed by atoms with Gasteiger partial charge in [-0.15, -0.1) is 0 Å². The van der Waals surface area contributed by atoms with Gasteiger partial charge in [-0.1, -0.05) is 18.2 Å². The lowest BCUT2D eigenvalue weighted by molar-refractivity contribution is -0.111. The molecule has 0 aliphatic carbocycles. The fourth-order valence-electron chi connectivity index (χ4n) is 3.66. The van der Waals surface area contributed by atoms with Gasteiger partial charge in [0.15, 0.2) is 0 Å². The Morgan fingerprint density at radius 3 is 2.87 bits per heavy atom. The number of rotatable bonds is 5. The van der Waals surface area contributed by atoms with Gasteiger partial charge in [-0.05, 0) is 37.9 Å². The molecule has 0 radical (unpaired) electrons. The monoisotopic (exact) mass is 404 g/mol. The van der Waals surface area contributed by atoms with Gasteiger partial charge in [-0.3, -0.25) is 9.59 Å². The van der Waals surface area contributed by atoms with Crippen molar-refractivity contribution in [3.8, 4) is 5.75 Å². The van der Waals surface area contributed by atoms with Crippen LogP contribution in [0.4, 0.5) is 5.69 Å². The van der Waals surface area contributed by atoms with Crippen LogP contribution in [0.1, 0.15) is 21.5 Å². The lowest BCUT2D eigenvalue weighted by Gasteiger charge is -2.16. The summed E-state index contributed by atoms with van der Waals surface area (Å²) in [5.41, 5.74) is 3.66. The van der Waals surface area contributed by atoms with Crippen LogP contribution in [0.15, 0.2) is 54.7 Å². The fourth-order valence-corrected chi connectivity index (χ4v) is 3.66. The Labute approximate surface area is 174 Å². The molecule has 2 amide bonds. The lowest BCUT2D eigenvalue weighted by atomic mass is 10.1. The first kappa shape index (κ1) is 19.7. The molecule has 1 aliphatic heterocycles. The molecule has 2 heterocycles. The molecule has 0 unspecified atom stereocenters. The number of phenols is 1. The molecule has 0 spiro atoms. The number of H-pyrrole nitrogens is 1. The van der Waals surface area contributed by atoms with Crippen LogP contribution < -0.4 is 5.32 Å². The highest BCUT2D eigenvalue weighted by atomic mass is 16.3. The van der Waals surface area contributed by atoms with Crippen LogP contribution in [0.2, 0.25) is 0 Å². The minimum Gasteiger partial charge on any atom is -0.507 e. The maximum atomic E-state index is 13.1. The summed E-state index contributed by atoms with van der Waals surface area (Å²) in [6.45, 7) is 1.48.